The molecular weight excluding hydrogens is 366 g/mol. The van der Waals surface area contributed by atoms with E-state index in [0.717, 1.165) is 41.0 Å². The van der Waals surface area contributed by atoms with E-state index in [0.29, 0.717) is 17.4 Å². The fourth-order valence-corrected chi connectivity index (χ4v) is 4.06. The Labute approximate surface area is 159 Å². The van der Waals surface area contributed by atoms with Gasteiger partial charge in [0.25, 0.3) is 11.1 Å². The molecule has 5 rings (SSSR count). The number of ether oxygens (including phenoxy) is 3. The van der Waals surface area contributed by atoms with E-state index in [9.17, 15) is 9.59 Å². The lowest BCUT2D eigenvalue weighted by molar-refractivity contribution is -0.115. The van der Waals surface area contributed by atoms with Gasteiger partial charge in [0.2, 0.25) is 6.79 Å². The minimum absolute atomic E-state index is 0.288. The van der Waals surface area contributed by atoms with Gasteiger partial charge in [0.1, 0.15) is 5.75 Å². The normalized spacial score (nSPS) is 21.0. The fourth-order valence-electron chi connectivity index (χ4n) is 3.38. The molecule has 1 atom stereocenters. The van der Waals surface area contributed by atoms with Gasteiger partial charge in [-0.15, -0.1) is 0 Å². The number of hydrogen-bond acceptors (Lipinski definition) is 6. The van der Waals surface area contributed by atoms with Crippen LogP contribution in [0, 0.1) is 0 Å². The molecule has 6 nitrogen and oxygen atoms in total. The molecule has 1 unspecified atom stereocenters. The predicted octanol–water partition coefficient (Wildman–Crippen LogP) is 3.46. The van der Waals surface area contributed by atoms with Crippen LogP contribution in [0.15, 0.2) is 41.3 Å². The third-order valence-corrected chi connectivity index (χ3v) is 5.62. The lowest BCUT2D eigenvalue weighted by Crippen LogP contribution is -2.23. The van der Waals surface area contributed by atoms with E-state index >= 15 is 0 Å². The van der Waals surface area contributed by atoms with Crippen molar-refractivity contribution in [2.24, 2.45) is 0 Å². The van der Waals surface area contributed by atoms with Crippen molar-refractivity contribution in [2.75, 3.05) is 13.4 Å². The maximum atomic E-state index is 11.6. The summed E-state index contributed by atoms with van der Waals surface area (Å²) in [5.74, 6) is 2.40. The fraction of sp³-hybridized carbons (Fsp3) is 0.200. The SMILES string of the molecule is O=C1NC(=O)/C(=C/c2ccc(OCC3Cc4cc5c(cc43)OCO5)cc2)S1. The first-order valence-corrected chi connectivity index (χ1v) is 9.37. The average Bonchev–Trinajstić information content (AvgIpc) is 3.22. The van der Waals surface area contributed by atoms with E-state index < -0.39 is 0 Å². The minimum Gasteiger partial charge on any atom is -0.493 e. The summed E-state index contributed by atoms with van der Waals surface area (Å²) in [6.07, 6.45) is 2.66. The molecule has 0 aromatic heterocycles. The molecule has 1 fully saturated rings. The maximum Gasteiger partial charge on any atom is 0.290 e. The number of thioether (sulfide) groups is 1. The van der Waals surface area contributed by atoms with Gasteiger partial charge in [-0.05, 0) is 65.2 Å². The number of amides is 2. The Bertz CT molecular complexity index is 983. The summed E-state index contributed by atoms with van der Waals surface area (Å²) < 4.78 is 16.8. The van der Waals surface area contributed by atoms with Crippen LogP contribution in [-0.2, 0) is 11.2 Å². The Morgan fingerprint density at radius 1 is 1.15 bits per heavy atom. The Hall–Kier alpha value is -2.93. The Kier molecular flexibility index (Phi) is 3.82. The second kappa shape index (κ2) is 6.35. The van der Waals surface area contributed by atoms with Gasteiger partial charge in [-0.3, -0.25) is 14.9 Å². The predicted molar refractivity (Wildman–Crippen MR) is 100 cm³/mol. The van der Waals surface area contributed by atoms with E-state index in [1.807, 2.05) is 24.3 Å². The van der Waals surface area contributed by atoms with Crippen molar-refractivity contribution in [3.63, 3.8) is 0 Å². The molecule has 1 N–H and O–H groups in total. The quantitative estimate of drug-likeness (QED) is 0.818. The largest absolute Gasteiger partial charge is 0.493 e. The third-order valence-electron chi connectivity index (χ3n) is 4.81. The molecule has 2 aromatic rings. The molecule has 2 amide bonds. The van der Waals surface area contributed by atoms with Gasteiger partial charge in [-0.2, -0.15) is 0 Å². The monoisotopic (exact) mass is 381 g/mol. The molecular formula is C20H15NO5S. The summed E-state index contributed by atoms with van der Waals surface area (Å²) in [5, 5.41) is 1.90. The molecule has 0 radical (unpaired) electrons. The first-order chi connectivity index (χ1) is 13.2. The molecule has 1 aliphatic carbocycles. The number of hydrogen-bond donors (Lipinski definition) is 1. The Morgan fingerprint density at radius 3 is 2.67 bits per heavy atom. The van der Waals surface area contributed by atoms with Crippen molar-refractivity contribution in [3.05, 3.63) is 58.0 Å². The van der Waals surface area contributed by atoms with Crippen LogP contribution in [0.4, 0.5) is 4.79 Å². The molecule has 2 aromatic carbocycles. The zero-order valence-electron chi connectivity index (χ0n) is 14.2. The van der Waals surface area contributed by atoms with E-state index in [-0.39, 0.29) is 17.9 Å². The summed E-state index contributed by atoms with van der Waals surface area (Å²) in [6.45, 7) is 0.885. The van der Waals surface area contributed by atoms with Crippen molar-refractivity contribution in [1.29, 1.82) is 0 Å². The molecule has 0 saturated carbocycles. The molecule has 0 spiro atoms. The highest BCUT2D eigenvalue weighted by atomic mass is 32.2. The van der Waals surface area contributed by atoms with Crippen LogP contribution in [0.5, 0.6) is 17.2 Å². The van der Waals surface area contributed by atoms with E-state index in [1.54, 1.807) is 6.08 Å². The Balaban J connectivity index is 1.22. The Morgan fingerprint density at radius 2 is 1.93 bits per heavy atom. The second-order valence-corrected chi connectivity index (χ2v) is 7.55. The molecule has 3 aliphatic rings. The lowest BCUT2D eigenvalue weighted by atomic mass is 9.78. The van der Waals surface area contributed by atoms with Gasteiger partial charge < -0.3 is 14.2 Å². The van der Waals surface area contributed by atoms with Crippen LogP contribution >= 0.6 is 11.8 Å². The topological polar surface area (TPSA) is 73.9 Å². The van der Waals surface area contributed by atoms with E-state index in [4.69, 9.17) is 14.2 Å². The van der Waals surface area contributed by atoms with Gasteiger partial charge in [0, 0.05) is 5.92 Å². The van der Waals surface area contributed by atoms with Gasteiger partial charge in [0.05, 0.1) is 11.5 Å². The zero-order chi connectivity index (χ0) is 18.4. The number of benzene rings is 2. The number of carbonyl (C=O) groups excluding carboxylic acids is 2. The highest BCUT2D eigenvalue weighted by Crippen LogP contribution is 2.44. The number of carbonyl (C=O) groups is 2. The summed E-state index contributed by atoms with van der Waals surface area (Å²) in [4.78, 5) is 23.2. The first kappa shape index (κ1) is 16.3. The average molecular weight is 381 g/mol. The summed E-state index contributed by atoms with van der Waals surface area (Å²) in [5.41, 5.74) is 3.39. The number of nitrogens with one attached hydrogen (secondary N) is 1. The molecule has 7 heteroatoms. The van der Waals surface area contributed by atoms with Crippen molar-refractivity contribution >= 4 is 29.0 Å². The van der Waals surface area contributed by atoms with E-state index in [1.165, 1.54) is 11.1 Å². The molecule has 2 heterocycles. The molecule has 1 saturated heterocycles. The highest BCUT2D eigenvalue weighted by molar-refractivity contribution is 8.18. The lowest BCUT2D eigenvalue weighted by Gasteiger charge is -2.30. The van der Waals surface area contributed by atoms with Gasteiger partial charge in [-0.25, -0.2) is 0 Å². The van der Waals surface area contributed by atoms with Crippen molar-refractivity contribution < 1.29 is 23.8 Å². The summed E-state index contributed by atoms with van der Waals surface area (Å²) >= 11 is 0.910. The van der Waals surface area contributed by atoms with Crippen LogP contribution in [-0.4, -0.2) is 24.5 Å². The molecule has 2 aliphatic heterocycles. The van der Waals surface area contributed by atoms with Crippen LogP contribution in [0.3, 0.4) is 0 Å². The number of rotatable bonds is 4. The standard InChI is InChI=1S/C20H15NO5S/c22-19-18(27-20(23)21-19)5-11-1-3-14(4-2-11)24-9-13-6-12-7-16-17(8-15(12)13)26-10-25-16/h1-5,7-8,13H,6,9-10H2,(H,21,22,23)/b18-5-. The second-order valence-electron chi connectivity index (χ2n) is 6.54. The van der Waals surface area contributed by atoms with Crippen molar-refractivity contribution in [2.45, 2.75) is 12.3 Å². The molecule has 0 bridgehead atoms. The van der Waals surface area contributed by atoms with Crippen molar-refractivity contribution in [1.82, 2.24) is 5.32 Å². The van der Waals surface area contributed by atoms with Crippen molar-refractivity contribution in [3.8, 4) is 17.2 Å². The molecule has 136 valence electrons. The smallest absolute Gasteiger partial charge is 0.290 e. The highest BCUT2D eigenvalue weighted by Gasteiger charge is 2.30. The van der Waals surface area contributed by atoms with Gasteiger partial charge >= 0.3 is 0 Å². The van der Waals surface area contributed by atoms with Gasteiger partial charge in [-0.1, -0.05) is 12.1 Å². The molecule has 27 heavy (non-hydrogen) atoms. The van der Waals surface area contributed by atoms with Gasteiger partial charge in [0.15, 0.2) is 11.5 Å². The minimum atomic E-state index is -0.352. The third kappa shape index (κ3) is 3.04. The summed E-state index contributed by atoms with van der Waals surface area (Å²) in [7, 11) is 0. The summed E-state index contributed by atoms with van der Waals surface area (Å²) in [6, 6.07) is 11.6. The first-order valence-electron chi connectivity index (χ1n) is 8.56. The zero-order valence-corrected chi connectivity index (χ0v) is 15.0. The maximum absolute atomic E-state index is 11.6. The van der Waals surface area contributed by atoms with E-state index in [2.05, 4.69) is 17.4 Å². The number of imide groups is 1. The van der Waals surface area contributed by atoms with Crippen LogP contribution in [0.1, 0.15) is 22.6 Å². The number of fused-ring (bicyclic) bond motifs is 2. The van der Waals surface area contributed by atoms with Crippen LogP contribution in [0.2, 0.25) is 0 Å². The van der Waals surface area contributed by atoms with Crippen LogP contribution in [0.25, 0.3) is 6.08 Å². The van der Waals surface area contributed by atoms with Crippen LogP contribution < -0.4 is 19.5 Å².